The van der Waals surface area contributed by atoms with Gasteiger partial charge in [-0.05, 0) is 97.0 Å². The maximum absolute atomic E-state index is 14.4. The average molecular weight is 616 g/mol. The van der Waals surface area contributed by atoms with Gasteiger partial charge in [-0.25, -0.2) is 4.98 Å². The van der Waals surface area contributed by atoms with E-state index in [1.807, 2.05) is 60.7 Å². The predicted molar refractivity (Wildman–Crippen MR) is 173 cm³/mol. The molecule has 1 saturated heterocycles. The molecule has 208 valence electrons. The smallest absolute Gasteiger partial charge is 0.255 e. The summed E-state index contributed by atoms with van der Waals surface area (Å²) in [4.78, 5) is 21.6. The molecule has 4 aromatic carbocycles. The summed E-state index contributed by atoms with van der Waals surface area (Å²) in [5.74, 6) is 2.05. The summed E-state index contributed by atoms with van der Waals surface area (Å²) >= 11 is 3.54. The highest BCUT2D eigenvalue weighted by molar-refractivity contribution is 9.10. The Hall–Kier alpha value is -4.22. The van der Waals surface area contributed by atoms with E-state index in [0.717, 1.165) is 80.6 Å². The van der Waals surface area contributed by atoms with Crippen LogP contribution in [0.4, 0.5) is 0 Å². The van der Waals surface area contributed by atoms with E-state index in [1.54, 1.807) is 0 Å². The number of hydrogen-bond acceptors (Lipinski definition) is 3. The summed E-state index contributed by atoms with van der Waals surface area (Å²) in [7, 11) is 0. The highest BCUT2D eigenvalue weighted by atomic mass is 79.9. The first kappa shape index (κ1) is 26.7. The van der Waals surface area contributed by atoms with Gasteiger partial charge in [0.2, 0.25) is 0 Å². The minimum atomic E-state index is 0.122. The van der Waals surface area contributed by atoms with E-state index < -0.39 is 0 Å². The van der Waals surface area contributed by atoms with Crippen molar-refractivity contribution in [1.29, 1.82) is 0 Å². The van der Waals surface area contributed by atoms with Crippen molar-refractivity contribution >= 4 is 44.4 Å². The first-order valence-electron chi connectivity index (χ1n) is 14.6. The maximum Gasteiger partial charge on any atom is 0.255 e. The Morgan fingerprint density at radius 3 is 2.50 bits per heavy atom. The highest BCUT2D eigenvalue weighted by Gasteiger charge is 2.36. The van der Waals surface area contributed by atoms with Crippen molar-refractivity contribution in [2.75, 3.05) is 6.54 Å². The van der Waals surface area contributed by atoms with Crippen LogP contribution >= 0.6 is 15.9 Å². The fourth-order valence-electron chi connectivity index (χ4n) is 6.45. The number of ether oxygens (including phenoxy) is 1. The lowest BCUT2D eigenvalue weighted by atomic mass is 9.97. The molecule has 2 unspecified atom stereocenters. The molecule has 42 heavy (non-hydrogen) atoms. The molecule has 2 heterocycles. The number of rotatable bonds is 5. The number of allylic oxidation sites excluding steroid dienone is 1. The van der Waals surface area contributed by atoms with Gasteiger partial charge in [0.1, 0.15) is 11.5 Å². The molecule has 1 aliphatic heterocycles. The Morgan fingerprint density at radius 1 is 0.905 bits per heavy atom. The topological polar surface area (TPSA) is 42.4 Å². The summed E-state index contributed by atoms with van der Waals surface area (Å²) in [6, 6.07) is 34.7. The predicted octanol–water partition coefficient (Wildman–Crippen LogP) is 9.29. The average Bonchev–Trinajstić information content (AvgIpc) is 3.59. The lowest BCUT2D eigenvalue weighted by Crippen LogP contribution is -2.34. The van der Waals surface area contributed by atoms with Gasteiger partial charge in [0.05, 0.1) is 16.8 Å². The van der Waals surface area contributed by atoms with Gasteiger partial charge < -0.3 is 9.64 Å². The van der Waals surface area contributed by atoms with Crippen LogP contribution < -0.4 is 4.74 Å². The van der Waals surface area contributed by atoms with Crippen LogP contribution in [-0.4, -0.2) is 28.4 Å². The Bertz CT molecular complexity index is 1810. The number of amides is 1. The standard InChI is InChI=1S/C37H31BrN2O2/c1-24-20-28(26-14-17-29(38)18-15-26)23-40(24)37(41)35-32-12-5-6-13-34(32)39-36-27(16-19-33(35)36)21-25-8-7-11-31(22-25)42-30-9-3-2-4-10-30/h2-15,17-18,21-22,24,28H,16,19-20,23H2,1H3/b27-21+. The Labute approximate surface area is 254 Å². The summed E-state index contributed by atoms with van der Waals surface area (Å²) < 4.78 is 7.15. The van der Waals surface area contributed by atoms with E-state index in [2.05, 4.69) is 76.3 Å². The molecular formula is C37H31BrN2O2. The Morgan fingerprint density at radius 2 is 1.67 bits per heavy atom. The third kappa shape index (κ3) is 5.14. The molecule has 1 aromatic heterocycles. The third-order valence-electron chi connectivity index (χ3n) is 8.51. The second-order valence-electron chi connectivity index (χ2n) is 11.3. The summed E-state index contributed by atoms with van der Waals surface area (Å²) in [5.41, 5.74) is 7.20. The Balaban J connectivity index is 1.23. The van der Waals surface area contributed by atoms with Gasteiger partial charge in [-0.3, -0.25) is 4.79 Å². The van der Waals surface area contributed by atoms with E-state index in [9.17, 15) is 4.79 Å². The SMILES string of the molecule is CC1CC(c2ccc(Br)cc2)CN1C(=O)c1c2c(nc3ccccc13)/C(=C/c1cccc(Oc3ccccc3)c1)CC2. The molecule has 4 nitrogen and oxygen atoms in total. The number of carbonyl (C=O) groups excluding carboxylic acids is 1. The van der Waals surface area contributed by atoms with Gasteiger partial charge in [-0.1, -0.05) is 76.6 Å². The van der Waals surface area contributed by atoms with E-state index in [4.69, 9.17) is 9.72 Å². The van der Waals surface area contributed by atoms with Crippen molar-refractivity contribution in [3.63, 3.8) is 0 Å². The lowest BCUT2D eigenvalue weighted by Gasteiger charge is -2.24. The summed E-state index contributed by atoms with van der Waals surface area (Å²) in [6.07, 6.45) is 4.81. The molecule has 2 atom stereocenters. The first-order chi connectivity index (χ1) is 20.5. The van der Waals surface area contributed by atoms with E-state index >= 15 is 0 Å². The number of halogens is 1. The van der Waals surface area contributed by atoms with Crippen LogP contribution in [0.25, 0.3) is 22.6 Å². The maximum atomic E-state index is 14.4. The minimum absolute atomic E-state index is 0.122. The van der Waals surface area contributed by atoms with Gasteiger partial charge in [0, 0.05) is 28.4 Å². The molecule has 5 heteroatoms. The van der Waals surface area contributed by atoms with Crippen molar-refractivity contribution in [3.8, 4) is 11.5 Å². The zero-order valence-electron chi connectivity index (χ0n) is 23.5. The molecule has 1 amide bonds. The second kappa shape index (κ2) is 11.2. The number of hydrogen-bond donors (Lipinski definition) is 0. The second-order valence-corrected chi connectivity index (χ2v) is 12.2. The number of likely N-dealkylation sites (tertiary alicyclic amines) is 1. The number of fused-ring (bicyclic) bond motifs is 2. The molecule has 0 saturated carbocycles. The van der Waals surface area contributed by atoms with Crippen molar-refractivity contribution in [3.05, 3.63) is 136 Å². The van der Waals surface area contributed by atoms with Gasteiger partial charge in [-0.2, -0.15) is 0 Å². The number of aromatic nitrogens is 1. The molecule has 7 rings (SSSR count). The van der Waals surface area contributed by atoms with Gasteiger partial charge in [0.25, 0.3) is 5.91 Å². The number of carbonyl (C=O) groups is 1. The quantitative estimate of drug-likeness (QED) is 0.198. The number of para-hydroxylation sites is 2. The fraction of sp³-hybridized carbons (Fsp3) is 0.189. The van der Waals surface area contributed by atoms with Crippen LogP contribution in [-0.2, 0) is 6.42 Å². The van der Waals surface area contributed by atoms with Gasteiger partial charge in [0.15, 0.2) is 0 Å². The Kier molecular flexibility index (Phi) is 7.12. The fourth-order valence-corrected chi connectivity index (χ4v) is 6.72. The number of pyridine rings is 1. The number of benzene rings is 4. The molecule has 5 aromatic rings. The normalized spacial score (nSPS) is 18.9. The molecule has 2 aliphatic rings. The van der Waals surface area contributed by atoms with Crippen molar-refractivity contribution in [2.45, 2.75) is 38.1 Å². The molecule has 1 fully saturated rings. The van der Waals surface area contributed by atoms with Gasteiger partial charge >= 0.3 is 0 Å². The van der Waals surface area contributed by atoms with Crippen molar-refractivity contribution in [1.82, 2.24) is 9.88 Å². The van der Waals surface area contributed by atoms with Crippen molar-refractivity contribution in [2.24, 2.45) is 0 Å². The van der Waals surface area contributed by atoms with Crippen molar-refractivity contribution < 1.29 is 9.53 Å². The zero-order valence-corrected chi connectivity index (χ0v) is 25.1. The first-order valence-corrected chi connectivity index (χ1v) is 15.3. The number of nitrogens with zero attached hydrogens (tertiary/aromatic N) is 2. The molecular weight excluding hydrogens is 584 g/mol. The van der Waals surface area contributed by atoms with Crippen LogP contribution in [0, 0.1) is 0 Å². The monoisotopic (exact) mass is 614 g/mol. The van der Waals surface area contributed by atoms with Crippen LogP contribution in [0.15, 0.2) is 108 Å². The van der Waals surface area contributed by atoms with Crippen LogP contribution in [0.5, 0.6) is 11.5 Å². The van der Waals surface area contributed by atoms with Crippen LogP contribution in [0.2, 0.25) is 0 Å². The summed E-state index contributed by atoms with van der Waals surface area (Å²) in [6.45, 7) is 2.90. The summed E-state index contributed by atoms with van der Waals surface area (Å²) in [5, 5.41) is 0.944. The largest absolute Gasteiger partial charge is 0.457 e. The third-order valence-corrected chi connectivity index (χ3v) is 9.04. The van der Waals surface area contributed by atoms with Gasteiger partial charge in [-0.15, -0.1) is 0 Å². The van der Waals surface area contributed by atoms with E-state index in [-0.39, 0.29) is 11.9 Å². The van der Waals surface area contributed by atoms with Crippen LogP contribution in [0.3, 0.4) is 0 Å². The van der Waals surface area contributed by atoms with E-state index in [0.29, 0.717) is 5.92 Å². The molecule has 0 radical (unpaired) electrons. The zero-order chi connectivity index (χ0) is 28.6. The lowest BCUT2D eigenvalue weighted by molar-refractivity contribution is 0.0747. The molecule has 0 spiro atoms. The minimum Gasteiger partial charge on any atom is -0.457 e. The molecule has 0 N–H and O–H groups in total. The van der Waals surface area contributed by atoms with E-state index in [1.165, 1.54) is 5.56 Å². The van der Waals surface area contributed by atoms with Crippen LogP contribution in [0.1, 0.15) is 58.4 Å². The highest BCUT2D eigenvalue weighted by Crippen LogP contribution is 2.40. The molecule has 1 aliphatic carbocycles. The molecule has 0 bridgehead atoms.